The van der Waals surface area contributed by atoms with E-state index in [9.17, 15) is 9.90 Å². The van der Waals surface area contributed by atoms with Crippen LogP contribution < -0.4 is 5.56 Å². The first kappa shape index (κ1) is 12.9. The molecule has 20 heavy (non-hydrogen) atoms. The molecule has 0 saturated heterocycles. The lowest BCUT2D eigenvalue weighted by atomic mass is 10.1. The predicted octanol–water partition coefficient (Wildman–Crippen LogP) is 2.35. The maximum Gasteiger partial charge on any atom is 0.288 e. The molecule has 1 aliphatic rings. The minimum absolute atomic E-state index is 0.225. The molecule has 2 heterocycles. The first-order valence-corrected chi connectivity index (χ1v) is 7.41. The topological polar surface area (TPSA) is 78.9 Å². The van der Waals surface area contributed by atoms with Crippen LogP contribution in [0.3, 0.4) is 0 Å². The van der Waals surface area contributed by atoms with Crippen LogP contribution in [0.5, 0.6) is 5.75 Å². The normalized spacial score (nSPS) is 14.2. The van der Waals surface area contributed by atoms with E-state index in [2.05, 4.69) is 5.10 Å². The number of aromatic nitrogens is 2. The van der Waals surface area contributed by atoms with Gasteiger partial charge in [-0.1, -0.05) is 12.8 Å². The van der Waals surface area contributed by atoms with Crippen molar-refractivity contribution >= 4 is 11.3 Å². The van der Waals surface area contributed by atoms with E-state index >= 15 is 0 Å². The lowest BCUT2D eigenvalue weighted by Crippen LogP contribution is -2.26. The Labute approximate surface area is 119 Å². The first-order valence-electron chi connectivity index (χ1n) is 6.47. The number of thiophene rings is 1. The maximum atomic E-state index is 12.1. The zero-order valence-corrected chi connectivity index (χ0v) is 11.6. The first-order chi connectivity index (χ1) is 9.70. The summed E-state index contributed by atoms with van der Waals surface area (Å²) >= 11 is 1.47. The van der Waals surface area contributed by atoms with Crippen LogP contribution in [0.25, 0.3) is 11.3 Å². The quantitative estimate of drug-likeness (QED) is 0.936. The molecule has 0 unspecified atom stereocenters. The van der Waals surface area contributed by atoms with Crippen molar-refractivity contribution in [2.45, 2.75) is 25.8 Å². The molecule has 5 nitrogen and oxygen atoms in total. The van der Waals surface area contributed by atoms with E-state index in [1.54, 1.807) is 6.07 Å². The van der Waals surface area contributed by atoms with E-state index in [0.29, 0.717) is 18.2 Å². The number of rotatable bonds is 4. The SMILES string of the molecule is N#Cc1c(O)c(-c2ccsc2)nn(CCC2CC2)c1=O. The van der Waals surface area contributed by atoms with Gasteiger partial charge >= 0.3 is 0 Å². The van der Waals surface area contributed by atoms with Crippen LogP contribution in [0.1, 0.15) is 24.8 Å². The number of nitrogens with zero attached hydrogens (tertiary/aromatic N) is 3. The summed E-state index contributed by atoms with van der Waals surface area (Å²) in [5.74, 6) is 0.353. The Hall–Kier alpha value is -2.13. The van der Waals surface area contributed by atoms with Gasteiger partial charge in [0.05, 0.1) is 0 Å². The zero-order chi connectivity index (χ0) is 14.1. The fourth-order valence-electron chi connectivity index (χ4n) is 2.12. The van der Waals surface area contributed by atoms with Gasteiger partial charge in [0.1, 0.15) is 11.8 Å². The van der Waals surface area contributed by atoms with Crippen molar-refractivity contribution < 1.29 is 5.11 Å². The van der Waals surface area contributed by atoms with Crippen LogP contribution in [-0.2, 0) is 6.54 Å². The minimum Gasteiger partial charge on any atom is -0.504 e. The average Bonchev–Trinajstić information content (AvgIpc) is 3.11. The largest absolute Gasteiger partial charge is 0.504 e. The molecule has 1 aliphatic carbocycles. The van der Waals surface area contributed by atoms with Gasteiger partial charge in [-0.3, -0.25) is 4.79 Å². The van der Waals surface area contributed by atoms with Gasteiger partial charge in [0.15, 0.2) is 11.3 Å². The molecule has 0 spiro atoms. The summed E-state index contributed by atoms with van der Waals surface area (Å²) in [7, 11) is 0. The van der Waals surface area contributed by atoms with E-state index in [1.165, 1.54) is 28.9 Å². The summed E-state index contributed by atoms with van der Waals surface area (Å²) < 4.78 is 1.31. The molecule has 6 heteroatoms. The second-order valence-corrected chi connectivity index (χ2v) is 5.74. The number of aryl methyl sites for hydroxylation is 1. The van der Waals surface area contributed by atoms with Gasteiger partial charge in [-0.25, -0.2) is 4.68 Å². The molecule has 1 N–H and O–H groups in total. The summed E-state index contributed by atoms with van der Waals surface area (Å²) in [6, 6.07) is 3.60. The smallest absolute Gasteiger partial charge is 0.288 e. The predicted molar refractivity (Wildman–Crippen MR) is 75.5 cm³/mol. The third-order valence-corrected chi connectivity index (χ3v) is 4.17. The van der Waals surface area contributed by atoms with Crippen molar-refractivity contribution in [3.8, 4) is 23.1 Å². The van der Waals surface area contributed by atoms with Gasteiger partial charge in [-0.15, -0.1) is 0 Å². The molecule has 0 aliphatic heterocycles. The lowest BCUT2D eigenvalue weighted by molar-refractivity contribution is 0.454. The van der Waals surface area contributed by atoms with Crippen molar-refractivity contribution in [3.05, 3.63) is 32.7 Å². The summed E-state index contributed by atoms with van der Waals surface area (Å²) in [4.78, 5) is 12.1. The van der Waals surface area contributed by atoms with Gasteiger partial charge in [0.2, 0.25) is 0 Å². The van der Waals surface area contributed by atoms with E-state index in [0.717, 1.165) is 12.0 Å². The van der Waals surface area contributed by atoms with Gasteiger partial charge in [-0.05, 0) is 23.8 Å². The Morgan fingerprint density at radius 3 is 2.95 bits per heavy atom. The zero-order valence-electron chi connectivity index (χ0n) is 10.7. The Balaban J connectivity index is 2.07. The van der Waals surface area contributed by atoms with Crippen LogP contribution in [-0.4, -0.2) is 14.9 Å². The lowest BCUT2D eigenvalue weighted by Gasteiger charge is -2.09. The number of aromatic hydroxyl groups is 1. The molecule has 2 aromatic rings. The van der Waals surface area contributed by atoms with Crippen molar-refractivity contribution in [2.75, 3.05) is 0 Å². The standard InChI is InChI=1S/C14H13N3O2S/c15-7-11-13(18)12(10-4-6-20-8-10)16-17(14(11)19)5-3-9-1-2-9/h4,6,8-9,18H,1-3,5H2. The highest BCUT2D eigenvalue weighted by Gasteiger charge is 2.23. The molecule has 3 rings (SSSR count). The monoisotopic (exact) mass is 287 g/mol. The van der Waals surface area contributed by atoms with Crippen LogP contribution in [0.4, 0.5) is 0 Å². The van der Waals surface area contributed by atoms with Crippen LogP contribution in [0, 0.1) is 17.2 Å². The summed E-state index contributed by atoms with van der Waals surface area (Å²) in [6.07, 6.45) is 3.30. The van der Waals surface area contributed by atoms with E-state index in [4.69, 9.17) is 5.26 Å². The van der Waals surface area contributed by atoms with Crippen molar-refractivity contribution in [1.29, 1.82) is 5.26 Å². The molecule has 0 amide bonds. The van der Waals surface area contributed by atoms with Crippen LogP contribution in [0.15, 0.2) is 21.6 Å². The Bertz CT molecular complexity index is 724. The van der Waals surface area contributed by atoms with E-state index < -0.39 is 5.56 Å². The van der Waals surface area contributed by atoms with Crippen LogP contribution in [0.2, 0.25) is 0 Å². The van der Waals surface area contributed by atoms with Gasteiger partial charge in [0.25, 0.3) is 5.56 Å². The number of hydrogen-bond acceptors (Lipinski definition) is 5. The van der Waals surface area contributed by atoms with E-state index in [1.807, 2.05) is 16.8 Å². The van der Waals surface area contributed by atoms with Gasteiger partial charge < -0.3 is 5.11 Å². The highest BCUT2D eigenvalue weighted by Crippen LogP contribution is 2.33. The highest BCUT2D eigenvalue weighted by atomic mass is 32.1. The molecular weight excluding hydrogens is 274 g/mol. The molecule has 2 aromatic heterocycles. The highest BCUT2D eigenvalue weighted by molar-refractivity contribution is 7.08. The molecule has 0 radical (unpaired) electrons. The summed E-state index contributed by atoms with van der Waals surface area (Å²) in [5.41, 5.74) is 0.295. The molecule has 0 atom stereocenters. The second kappa shape index (κ2) is 5.10. The molecule has 1 fully saturated rings. The third-order valence-electron chi connectivity index (χ3n) is 3.48. The molecule has 102 valence electrons. The number of nitriles is 1. The Morgan fingerprint density at radius 2 is 2.35 bits per heavy atom. The molecule has 0 bridgehead atoms. The number of hydrogen-bond donors (Lipinski definition) is 1. The van der Waals surface area contributed by atoms with Crippen molar-refractivity contribution in [1.82, 2.24) is 9.78 Å². The maximum absolute atomic E-state index is 12.1. The second-order valence-electron chi connectivity index (χ2n) is 4.96. The van der Waals surface area contributed by atoms with Gasteiger partial charge in [-0.2, -0.15) is 21.7 Å². The van der Waals surface area contributed by atoms with Crippen molar-refractivity contribution in [2.24, 2.45) is 5.92 Å². The fraction of sp³-hybridized carbons (Fsp3) is 0.357. The van der Waals surface area contributed by atoms with Crippen LogP contribution >= 0.6 is 11.3 Å². The fourth-order valence-corrected chi connectivity index (χ4v) is 2.76. The third kappa shape index (κ3) is 2.32. The average molecular weight is 287 g/mol. The molecular formula is C14H13N3O2S. The van der Waals surface area contributed by atoms with Gasteiger partial charge in [0, 0.05) is 17.5 Å². The van der Waals surface area contributed by atoms with E-state index in [-0.39, 0.29) is 11.3 Å². The Morgan fingerprint density at radius 1 is 1.55 bits per heavy atom. The molecule has 0 aromatic carbocycles. The molecule has 1 saturated carbocycles. The summed E-state index contributed by atoms with van der Waals surface area (Å²) in [6.45, 7) is 0.496. The Kier molecular flexibility index (Phi) is 3.28. The minimum atomic E-state index is -0.510. The van der Waals surface area contributed by atoms with Crippen molar-refractivity contribution in [3.63, 3.8) is 0 Å². The summed E-state index contributed by atoms with van der Waals surface area (Å²) in [5, 5.41) is 27.1.